The number of hydrogen-bond acceptors (Lipinski definition) is 6. The Bertz CT molecular complexity index is 1860. The Morgan fingerprint density at radius 2 is 1.91 bits per heavy atom. The van der Waals surface area contributed by atoms with E-state index in [1.54, 1.807) is 18.3 Å². The van der Waals surface area contributed by atoms with E-state index in [4.69, 9.17) is 13.9 Å². The van der Waals surface area contributed by atoms with Crippen molar-refractivity contribution in [2.24, 2.45) is 5.92 Å². The van der Waals surface area contributed by atoms with Gasteiger partial charge in [0.25, 0.3) is 5.91 Å². The Balaban J connectivity index is 1.27. The molecule has 3 aromatic carbocycles. The zero-order valence-corrected chi connectivity index (χ0v) is 24.3. The zero-order valence-electron chi connectivity index (χ0n) is 24.3. The molecule has 2 fully saturated rings. The topological polar surface area (TPSA) is 90.7 Å². The normalized spacial score (nSPS) is 17.0. The van der Waals surface area contributed by atoms with Crippen LogP contribution in [0.1, 0.15) is 51.2 Å². The van der Waals surface area contributed by atoms with Crippen molar-refractivity contribution < 1.29 is 27.9 Å². The summed E-state index contributed by atoms with van der Waals surface area (Å²) in [7, 11) is 0. The van der Waals surface area contributed by atoms with Gasteiger partial charge in [-0.3, -0.25) is 14.6 Å². The lowest BCUT2D eigenvalue weighted by Gasteiger charge is -2.20. The minimum absolute atomic E-state index is 0.233. The van der Waals surface area contributed by atoms with Crippen molar-refractivity contribution in [3.05, 3.63) is 107 Å². The third-order valence-electron chi connectivity index (χ3n) is 8.59. The number of aldehydes is 1. The van der Waals surface area contributed by atoms with Crippen molar-refractivity contribution >= 4 is 23.2 Å². The average Bonchev–Trinajstić information content (AvgIpc) is 3.45. The van der Waals surface area contributed by atoms with E-state index in [1.807, 2.05) is 55.5 Å². The summed E-state index contributed by atoms with van der Waals surface area (Å²) in [6, 6.07) is 21.0. The van der Waals surface area contributed by atoms with Gasteiger partial charge in [0.15, 0.2) is 6.29 Å². The summed E-state index contributed by atoms with van der Waals surface area (Å²) >= 11 is 0. The van der Waals surface area contributed by atoms with Gasteiger partial charge in [-0.25, -0.2) is 4.39 Å². The number of nitrogens with one attached hydrogen (secondary N) is 1. The number of aryl methyl sites for hydroxylation is 1. The number of amides is 1. The molecule has 1 saturated carbocycles. The maximum absolute atomic E-state index is 14.0. The fourth-order valence-corrected chi connectivity index (χ4v) is 5.93. The summed E-state index contributed by atoms with van der Waals surface area (Å²) in [6.07, 6.45) is 5.05. The lowest BCUT2D eigenvalue weighted by molar-refractivity contribution is 0.0924. The van der Waals surface area contributed by atoms with E-state index in [-0.39, 0.29) is 17.6 Å². The highest BCUT2D eigenvalue weighted by molar-refractivity contribution is 6.04. The molecule has 1 amide bonds. The second-order valence-electron chi connectivity index (χ2n) is 11.6. The summed E-state index contributed by atoms with van der Waals surface area (Å²) < 4.78 is 31.4. The van der Waals surface area contributed by atoms with Crippen LogP contribution in [0.5, 0.6) is 5.75 Å². The van der Waals surface area contributed by atoms with Crippen molar-refractivity contribution in [3.8, 4) is 28.2 Å². The molecule has 2 aliphatic rings. The zero-order chi connectivity index (χ0) is 30.3. The van der Waals surface area contributed by atoms with Gasteiger partial charge in [-0.2, -0.15) is 0 Å². The number of benzene rings is 3. The lowest BCUT2D eigenvalue weighted by atomic mass is 9.95. The van der Waals surface area contributed by atoms with Crippen LogP contribution < -0.4 is 10.1 Å². The largest absolute Gasteiger partial charge is 0.492 e. The number of hydrogen-bond donors (Lipinski definition) is 1. The molecule has 0 spiro atoms. The fourth-order valence-electron chi connectivity index (χ4n) is 5.93. The summed E-state index contributed by atoms with van der Waals surface area (Å²) in [6.45, 7) is 3.79. The first kappa shape index (κ1) is 28.0. The minimum atomic E-state index is -0.495. The van der Waals surface area contributed by atoms with Crippen LogP contribution in [-0.4, -0.2) is 37.0 Å². The molecule has 44 heavy (non-hydrogen) atoms. The van der Waals surface area contributed by atoms with Crippen LogP contribution in [0.25, 0.3) is 33.4 Å². The van der Waals surface area contributed by atoms with E-state index in [9.17, 15) is 14.0 Å². The maximum Gasteiger partial charge on any atom is 0.255 e. The standard InChI is InChI=1S/C36H31FN2O5/c1-22-16-32(43-21-23-11-15-42-20-23)29(35(41)39-36(12-13-36)33-4-2-3-14-38-33)18-27(22)25-7-10-31-28(17-25)30(19-40)34(44-31)24-5-8-26(37)9-6-24/h2-10,14,16-19,23H,11-13,15,20-21H2,1H3,(H,39,41). The SMILES string of the molecule is Cc1cc(OCC2CCOC2)c(C(=O)NC2(c3ccccn3)CC2)cc1-c1ccc2oc(-c3ccc(F)cc3)c(C=O)c2c1. The summed E-state index contributed by atoms with van der Waals surface area (Å²) in [5.74, 6) is 0.571. The number of halogens is 1. The van der Waals surface area contributed by atoms with Crippen molar-refractivity contribution in [1.29, 1.82) is 0 Å². The number of carbonyl (C=O) groups is 2. The molecule has 7 nitrogen and oxygen atoms in total. The monoisotopic (exact) mass is 590 g/mol. The Labute approximate surface area is 254 Å². The van der Waals surface area contributed by atoms with Crippen LogP contribution in [-0.2, 0) is 10.3 Å². The van der Waals surface area contributed by atoms with Crippen LogP contribution in [0, 0.1) is 18.7 Å². The quantitative estimate of drug-likeness (QED) is 0.182. The molecule has 1 saturated heterocycles. The first-order valence-electron chi connectivity index (χ1n) is 14.8. The van der Waals surface area contributed by atoms with E-state index in [1.165, 1.54) is 12.1 Å². The molecule has 0 bridgehead atoms. The van der Waals surface area contributed by atoms with Crippen LogP contribution in [0.4, 0.5) is 4.39 Å². The molecule has 3 heterocycles. The highest BCUT2D eigenvalue weighted by Crippen LogP contribution is 2.45. The molecule has 1 aliphatic carbocycles. The molecular weight excluding hydrogens is 559 g/mol. The molecule has 1 atom stereocenters. The number of carbonyl (C=O) groups excluding carboxylic acids is 2. The predicted octanol–water partition coefficient (Wildman–Crippen LogP) is 7.26. The van der Waals surface area contributed by atoms with Crippen molar-refractivity contribution in [1.82, 2.24) is 10.3 Å². The molecule has 1 aliphatic heterocycles. The Morgan fingerprint density at radius 1 is 1.09 bits per heavy atom. The van der Waals surface area contributed by atoms with Gasteiger partial charge in [0.05, 0.1) is 35.6 Å². The van der Waals surface area contributed by atoms with E-state index in [2.05, 4.69) is 10.3 Å². The maximum atomic E-state index is 14.0. The average molecular weight is 591 g/mol. The molecule has 5 aromatic rings. The van der Waals surface area contributed by atoms with E-state index in [0.717, 1.165) is 47.9 Å². The number of nitrogens with zero attached hydrogens (tertiary/aromatic N) is 1. The predicted molar refractivity (Wildman–Crippen MR) is 164 cm³/mol. The van der Waals surface area contributed by atoms with Crippen molar-refractivity contribution in [2.45, 2.75) is 31.7 Å². The second kappa shape index (κ2) is 11.4. The van der Waals surface area contributed by atoms with E-state index >= 15 is 0 Å². The van der Waals surface area contributed by atoms with Gasteiger partial charge < -0.3 is 19.2 Å². The summed E-state index contributed by atoms with van der Waals surface area (Å²) in [4.78, 5) is 30.7. The first-order chi connectivity index (χ1) is 21.4. The first-order valence-corrected chi connectivity index (χ1v) is 14.8. The smallest absolute Gasteiger partial charge is 0.255 e. The van der Waals surface area contributed by atoms with Gasteiger partial charge in [-0.1, -0.05) is 12.1 Å². The second-order valence-corrected chi connectivity index (χ2v) is 11.6. The number of fused-ring (bicyclic) bond motifs is 1. The molecule has 7 rings (SSSR count). The Morgan fingerprint density at radius 3 is 2.61 bits per heavy atom. The van der Waals surface area contributed by atoms with Gasteiger partial charge >= 0.3 is 0 Å². The van der Waals surface area contributed by atoms with E-state index < -0.39 is 5.54 Å². The van der Waals surface area contributed by atoms with Crippen LogP contribution in [0.2, 0.25) is 0 Å². The number of ether oxygens (including phenoxy) is 2. The number of aromatic nitrogens is 1. The van der Waals surface area contributed by atoms with Crippen LogP contribution in [0.15, 0.2) is 83.4 Å². The van der Waals surface area contributed by atoms with Crippen LogP contribution in [0.3, 0.4) is 0 Å². The molecule has 0 radical (unpaired) electrons. The number of pyridine rings is 1. The summed E-state index contributed by atoms with van der Waals surface area (Å²) in [5, 5.41) is 3.88. The Kier molecular flexibility index (Phi) is 7.22. The summed E-state index contributed by atoms with van der Waals surface area (Å²) in [5.41, 5.74) is 4.88. The molecule has 222 valence electrons. The Hall–Kier alpha value is -4.82. The van der Waals surface area contributed by atoms with Crippen molar-refractivity contribution in [2.75, 3.05) is 19.8 Å². The minimum Gasteiger partial charge on any atom is -0.492 e. The van der Waals surface area contributed by atoms with Crippen LogP contribution >= 0.6 is 0 Å². The van der Waals surface area contributed by atoms with Gasteiger partial charge in [-0.15, -0.1) is 0 Å². The van der Waals surface area contributed by atoms with Crippen molar-refractivity contribution in [3.63, 3.8) is 0 Å². The number of furan rings is 1. The number of rotatable bonds is 9. The third kappa shape index (κ3) is 5.26. The lowest BCUT2D eigenvalue weighted by Crippen LogP contribution is -2.35. The molecule has 1 unspecified atom stereocenters. The van der Waals surface area contributed by atoms with Gasteiger partial charge in [0.1, 0.15) is 22.9 Å². The highest BCUT2D eigenvalue weighted by atomic mass is 19.1. The highest BCUT2D eigenvalue weighted by Gasteiger charge is 2.47. The molecule has 2 aromatic heterocycles. The van der Waals surface area contributed by atoms with E-state index in [0.29, 0.717) is 59.0 Å². The third-order valence-corrected chi connectivity index (χ3v) is 8.59. The molecule has 1 N–H and O–H groups in total. The molecule has 8 heteroatoms. The van der Waals surface area contributed by atoms with Gasteiger partial charge in [0, 0.05) is 29.7 Å². The fraction of sp³-hybridized carbons (Fsp3) is 0.250. The molecular formula is C36H31FN2O5. The van der Waals surface area contributed by atoms with Gasteiger partial charge in [-0.05, 0) is 104 Å². The van der Waals surface area contributed by atoms with Gasteiger partial charge in [0.2, 0.25) is 0 Å².